The van der Waals surface area contributed by atoms with Crippen molar-refractivity contribution in [2.75, 3.05) is 22.4 Å². The Hall–Kier alpha value is -5.25. The minimum absolute atomic E-state index is 0.0518. The van der Waals surface area contributed by atoms with E-state index in [0.717, 1.165) is 32.6 Å². The third kappa shape index (κ3) is 7.77. The van der Waals surface area contributed by atoms with E-state index in [1.54, 1.807) is 18.2 Å². The van der Waals surface area contributed by atoms with Crippen LogP contribution in [0.5, 0.6) is 5.75 Å². The highest BCUT2D eigenvalue weighted by Gasteiger charge is 2.36. The Morgan fingerprint density at radius 2 is 1.70 bits per heavy atom. The average molecular weight is 763 g/mol. The fraction of sp³-hybridized carbons (Fsp3) is 0.289. The topological polar surface area (TPSA) is 195 Å². The van der Waals surface area contributed by atoms with Crippen molar-refractivity contribution in [1.82, 2.24) is 0 Å². The lowest BCUT2D eigenvalue weighted by Crippen LogP contribution is -2.43. The van der Waals surface area contributed by atoms with E-state index in [-0.39, 0.29) is 48.8 Å². The van der Waals surface area contributed by atoms with E-state index in [4.69, 9.17) is 9.15 Å². The normalized spacial score (nSPS) is 15.8. The summed E-state index contributed by atoms with van der Waals surface area (Å²) in [5, 5.41) is 32.9. The van der Waals surface area contributed by atoms with E-state index < -0.39 is 52.9 Å². The number of carboxylic acid groups (broad SMARTS) is 1. The number of aliphatic carboxylic acids is 1. The largest absolute Gasteiger partial charge is 0.491 e. The van der Waals surface area contributed by atoms with Crippen molar-refractivity contribution < 1.29 is 45.9 Å². The standard InChI is InChI=1S/C38H38N2O11S2/c1-24-17-30(51-23-38(43)13-15-52(46,47)16-14-38)18-25(2)36(24)28-8-6-7-27(19-28)21-39(53(48,49)35-10-5-4-9-33(35)40(44)45)29-11-12-31-32(26(3)37(41)42)22-50-34(31)20-29/h4-12,17-20,22,26,43H,13-16,21,23H2,1-3H3,(H,41,42). The van der Waals surface area contributed by atoms with Gasteiger partial charge in [-0.05, 0) is 97.8 Å². The highest BCUT2D eigenvalue weighted by molar-refractivity contribution is 7.93. The van der Waals surface area contributed by atoms with Gasteiger partial charge in [0.05, 0.1) is 40.8 Å². The molecule has 1 saturated heterocycles. The maximum absolute atomic E-state index is 14.4. The van der Waals surface area contributed by atoms with Gasteiger partial charge in [-0.25, -0.2) is 16.8 Å². The molecule has 0 bridgehead atoms. The van der Waals surface area contributed by atoms with Crippen LogP contribution in [0.15, 0.2) is 94.4 Å². The molecule has 5 aromatic rings. The van der Waals surface area contributed by atoms with Crippen LogP contribution in [0.25, 0.3) is 22.1 Å². The van der Waals surface area contributed by atoms with Gasteiger partial charge < -0.3 is 19.4 Å². The second kappa shape index (κ2) is 14.3. The number of para-hydroxylation sites is 1. The van der Waals surface area contributed by atoms with Crippen molar-refractivity contribution in [3.8, 4) is 16.9 Å². The maximum Gasteiger partial charge on any atom is 0.310 e. The van der Waals surface area contributed by atoms with E-state index in [0.29, 0.717) is 22.3 Å². The fourth-order valence-corrected chi connectivity index (χ4v) is 9.85. The lowest BCUT2D eigenvalue weighted by atomic mass is 9.94. The molecular weight excluding hydrogens is 725 g/mol. The molecule has 278 valence electrons. The number of anilines is 1. The zero-order valence-corrected chi connectivity index (χ0v) is 30.8. The minimum Gasteiger partial charge on any atom is -0.491 e. The zero-order chi connectivity index (χ0) is 38.3. The number of nitrogens with zero attached hydrogens (tertiary/aromatic N) is 2. The number of hydrogen-bond acceptors (Lipinski definition) is 10. The first-order valence-corrected chi connectivity index (χ1v) is 20.0. The number of aryl methyl sites for hydroxylation is 2. The number of ether oxygens (including phenoxy) is 1. The summed E-state index contributed by atoms with van der Waals surface area (Å²) in [5.41, 5.74) is 2.88. The summed E-state index contributed by atoms with van der Waals surface area (Å²) in [6.45, 7) is 5.03. The minimum atomic E-state index is -4.56. The molecular formula is C38H38N2O11S2. The molecule has 2 N–H and O–H groups in total. The van der Waals surface area contributed by atoms with Gasteiger partial charge in [0.25, 0.3) is 15.7 Å². The number of nitro benzene ring substituents is 1. The Labute approximate surface area is 306 Å². The molecule has 0 aliphatic carbocycles. The second-order valence-electron chi connectivity index (χ2n) is 13.5. The quantitative estimate of drug-likeness (QED) is 0.104. The van der Waals surface area contributed by atoms with Crippen molar-refractivity contribution in [2.45, 2.75) is 56.6 Å². The van der Waals surface area contributed by atoms with Crippen molar-refractivity contribution in [1.29, 1.82) is 0 Å². The summed E-state index contributed by atoms with van der Waals surface area (Å²) in [6, 6.07) is 20.5. The van der Waals surface area contributed by atoms with Gasteiger partial charge in [0.2, 0.25) is 0 Å². The van der Waals surface area contributed by atoms with Crippen LogP contribution in [-0.2, 0) is 31.2 Å². The number of carbonyl (C=O) groups is 1. The van der Waals surface area contributed by atoms with E-state index in [2.05, 4.69) is 0 Å². The van der Waals surface area contributed by atoms with Crippen LogP contribution >= 0.6 is 0 Å². The van der Waals surface area contributed by atoms with Crippen LogP contribution in [0.3, 0.4) is 0 Å². The molecule has 15 heteroatoms. The van der Waals surface area contributed by atoms with Crippen LogP contribution in [0.2, 0.25) is 0 Å². The predicted octanol–water partition coefficient (Wildman–Crippen LogP) is 6.53. The number of aliphatic hydroxyl groups is 1. The van der Waals surface area contributed by atoms with Crippen LogP contribution in [-0.4, -0.2) is 61.7 Å². The molecule has 0 saturated carbocycles. The molecule has 1 fully saturated rings. The van der Waals surface area contributed by atoms with Gasteiger partial charge in [0.15, 0.2) is 14.7 Å². The van der Waals surface area contributed by atoms with Gasteiger partial charge in [-0.15, -0.1) is 0 Å². The number of furan rings is 1. The molecule has 0 amide bonds. The monoisotopic (exact) mass is 762 g/mol. The van der Waals surface area contributed by atoms with Gasteiger partial charge in [0, 0.05) is 23.1 Å². The summed E-state index contributed by atoms with van der Waals surface area (Å²) in [7, 11) is -7.72. The molecule has 1 aromatic heterocycles. The summed E-state index contributed by atoms with van der Waals surface area (Å²) in [4.78, 5) is 22.4. The Kier molecular flexibility index (Phi) is 10.1. The third-order valence-electron chi connectivity index (χ3n) is 9.66. The fourth-order valence-electron chi connectivity index (χ4n) is 6.65. The number of benzene rings is 4. The first kappa shape index (κ1) is 37.5. The third-order valence-corrected chi connectivity index (χ3v) is 13.1. The number of nitro groups is 1. The van der Waals surface area contributed by atoms with Gasteiger partial charge in [-0.3, -0.25) is 19.2 Å². The zero-order valence-electron chi connectivity index (χ0n) is 29.2. The summed E-state index contributed by atoms with van der Waals surface area (Å²) >= 11 is 0. The smallest absolute Gasteiger partial charge is 0.310 e. The number of rotatable bonds is 12. The molecule has 1 atom stereocenters. The van der Waals surface area contributed by atoms with E-state index >= 15 is 0 Å². The number of sulfone groups is 1. The van der Waals surface area contributed by atoms with Gasteiger partial charge in [0.1, 0.15) is 23.5 Å². The summed E-state index contributed by atoms with van der Waals surface area (Å²) in [6.07, 6.45) is 1.52. The molecule has 53 heavy (non-hydrogen) atoms. The molecule has 0 spiro atoms. The molecule has 1 unspecified atom stereocenters. The number of hydrogen-bond donors (Lipinski definition) is 2. The van der Waals surface area contributed by atoms with Crippen LogP contribution in [0.1, 0.15) is 47.9 Å². The first-order chi connectivity index (χ1) is 25.0. The Morgan fingerprint density at radius 1 is 1.02 bits per heavy atom. The van der Waals surface area contributed by atoms with E-state index in [9.17, 15) is 42.0 Å². The van der Waals surface area contributed by atoms with Crippen LogP contribution in [0.4, 0.5) is 11.4 Å². The molecule has 13 nitrogen and oxygen atoms in total. The van der Waals surface area contributed by atoms with E-state index in [1.165, 1.54) is 43.5 Å². The van der Waals surface area contributed by atoms with Gasteiger partial charge >= 0.3 is 5.97 Å². The van der Waals surface area contributed by atoms with Crippen LogP contribution < -0.4 is 9.04 Å². The lowest BCUT2D eigenvalue weighted by molar-refractivity contribution is -0.387. The number of fused-ring (bicyclic) bond motifs is 1. The SMILES string of the molecule is Cc1cc(OCC2(O)CCS(=O)(=O)CC2)cc(C)c1-c1cccc(CN(c2ccc3c(C(C)C(=O)O)coc3c2)S(=O)(=O)c2ccccc2[N+](=O)[O-])c1. The van der Waals surface area contributed by atoms with Gasteiger partial charge in [-0.2, -0.15) is 0 Å². The van der Waals surface area contributed by atoms with Crippen LogP contribution in [0, 0.1) is 24.0 Å². The molecule has 2 heterocycles. The molecule has 0 radical (unpaired) electrons. The lowest BCUT2D eigenvalue weighted by Gasteiger charge is -2.31. The Bertz CT molecular complexity index is 2420. The predicted molar refractivity (Wildman–Crippen MR) is 198 cm³/mol. The molecule has 4 aromatic carbocycles. The summed E-state index contributed by atoms with van der Waals surface area (Å²) < 4.78 is 65.1. The Morgan fingerprint density at radius 3 is 2.36 bits per heavy atom. The first-order valence-electron chi connectivity index (χ1n) is 16.7. The van der Waals surface area contributed by atoms with E-state index in [1.807, 2.05) is 38.1 Å². The Balaban J connectivity index is 1.35. The van der Waals surface area contributed by atoms with Gasteiger partial charge in [-0.1, -0.05) is 30.3 Å². The van der Waals surface area contributed by atoms with Crippen molar-refractivity contribution >= 4 is 48.2 Å². The molecule has 6 rings (SSSR count). The highest BCUT2D eigenvalue weighted by atomic mass is 32.2. The summed E-state index contributed by atoms with van der Waals surface area (Å²) in [5.74, 6) is -1.61. The average Bonchev–Trinajstić information content (AvgIpc) is 3.54. The number of sulfonamides is 1. The molecule has 1 aliphatic rings. The van der Waals surface area contributed by atoms with Crippen molar-refractivity contribution in [3.63, 3.8) is 0 Å². The highest BCUT2D eigenvalue weighted by Crippen LogP contribution is 2.37. The van der Waals surface area contributed by atoms with Crippen molar-refractivity contribution in [2.24, 2.45) is 0 Å². The second-order valence-corrected chi connectivity index (χ2v) is 17.6. The number of carboxylic acids is 1. The van der Waals surface area contributed by atoms with Crippen molar-refractivity contribution in [3.05, 3.63) is 117 Å². The molecule has 1 aliphatic heterocycles. The maximum atomic E-state index is 14.4.